The molecule has 1 amide bonds. The highest BCUT2D eigenvalue weighted by Crippen LogP contribution is 2.24. The van der Waals surface area contributed by atoms with Gasteiger partial charge in [0, 0.05) is 43.8 Å². The lowest BCUT2D eigenvalue weighted by Crippen LogP contribution is -2.49. The Hall–Kier alpha value is -1.63. The molecule has 6 heteroatoms. The van der Waals surface area contributed by atoms with Gasteiger partial charge in [0.1, 0.15) is 6.04 Å². The van der Waals surface area contributed by atoms with Crippen LogP contribution < -0.4 is 21.1 Å². The van der Waals surface area contributed by atoms with Crippen molar-refractivity contribution < 1.29 is 4.79 Å². The van der Waals surface area contributed by atoms with E-state index in [0.717, 1.165) is 44.1 Å². The predicted octanol–water partition coefficient (Wildman–Crippen LogP) is 1.34. The molecule has 1 aromatic rings. The molecule has 148 valence electrons. The fourth-order valence-electron chi connectivity index (χ4n) is 4.78. The minimum atomic E-state index is -0.146. The molecule has 3 heterocycles. The van der Waals surface area contributed by atoms with Crippen molar-refractivity contribution in [3.05, 3.63) is 29.8 Å². The van der Waals surface area contributed by atoms with Gasteiger partial charge in [-0.25, -0.2) is 5.43 Å². The minimum absolute atomic E-state index is 0.0965. The largest absolute Gasteiger partial charge is 0.371 e. The van der Waals surface area contributed by atoms with Crippen molar-refractivity contribution >= 4 is 11.6 Å². The van der Waals surface area contributed by atoms with Gasteiger partial charge in [0.2, 0.25) is 5.91 Å². The molecule has 3 aliphatic heterocycles. The molecule has 3 fully saturated rings. The first-order valence-corrected chi connectivity index (χ1v) is 10.4. The second kappa shape index (κ2) is 8.17. The third kappa shape index (κ3) is 4.28. The Morgan fingerprint density at radius 1 is 1.15 bits per heavy atom. The van der Waals surface area contributed by atoms with Crippen LogP contribution in [0.2, 0.25) is 0 Å². The maximum absolute atomic E-state index is 12.7. The lowest BCUT2D eigenvalue weighted by molar-refractivity contribution is -0.124. The highest BCUT2D eigenvalue weighted by atomic mass is 16.2. The summed E-state index contributed by atoms with van der Waals surface area (Å²) in [6.45, 7) is 7.26. The number of hydrazine groups is 1. The fraction of sp³-hybridized carbons (Fsp3) is 0.667. The molecular weight excluding hydrogens is 338 g/mol. The van der Waals surface area contributed by atoms with Crippen molar-refractivity contribution in [3.8, 4) is 0 Å². The Labute approximate surface area is 162 Å². The fourth-order valence-corrected chi connectivity index (χ4v) is 4.78. The number of piperidine rings is 2. The zero-order chi connectivity index (χ0) is 18.8. The van der Waals surface area contributed by atoms with Gasteiger partial charge in [0.25, 0.3) is 0 Å². The molecule has 0 bridgehead atoms. The zero-order valence-corrected chi connectivity index (χ0v) is 16.6. The Kier molecular flexibility index (Phi) is 5.66. The number of carbonyl (C=O) groups excluding carboxylic acids is 1. The highest BCUT2D eigenvalue weighted by Gasteiger charge is 2.42. The summed E-state index contributed by atoms with van der Waals surface area (Å²) in [6, 6.07) is 8.94. The van der Waals surface area contributed by atoms with E-state index in [1.165, 1.54) is 18.5 Å². The first-order valence-electron chi connectivity index (χ1n) is 10.4. The lowest BCUT2D eigenvalue weighted by atomic mass is 9.88. The third-order valence-electron chi connectivity index (χ3n) is 6.42. The van der Waals surface area contributed by atoms with Crippen LogP contribution in [0.1, 0.15) is 31.7 Å². The molecule has 0 saturated carbocycles. The van der Waals surface area contributed by atoms with Crippen LogP contribution in [-0.2, 0) is 11.3 Å². The molecule has 6 nitrogen and oxygen atoms in total. The van der Waals surface area contributed by atoms with Crippen LogP contribution in [0.25, 0.3) is 0 Å². The number of amides is 1. The van der Waals surface area contributed by atoms with Crippen molar-refractivity contribution in [2.24, 2.45) is 11.8 Å². The average molecular weight is 372 g/mol. The molecule has 27 heavy (non-hydrogen) atoms. The van der Waals surface area contributed by atoms with E-state index < -0.39 is 0 Å². The topological polar surface area (TPSA) is 59.6 Å². The summed E-state index contributed by atoms with van der Waals surface area (Å²) < 4.78 is 0. The molecule has 0 spiro atoms. The standard InChI is InChI=1S/C21H33N5O/c1-15-4-3-10-26(13-15)17-7-5-16(6-8-17)12-22-21(27)20-18-14-25(2)11-9-19(18)23-24-20/h5-8,15,18-20,23-24H,3-4,9-14H2,1-2H3,(H,22,27). The van der Waals surface area contributed by atoms with Gasteiger partial charge in [0.15, 0.2) is 0 Å². The second-order valence-electron chi connectivity index (χ2n) is 8.67. The van der Waals surface area contributed by atoms with Crippen LogP contribution in [0.5, 0.6) is 0 Å². The second-order valence-corrected chi connectivity index (χ2v) is 8.67. The summed E-state index contributed by atoms with van der Waals surface area (Å²) in [7, 11) is 2.13. The molecule has 3 aliphatic rings. The summed E-state index contributed by atoms with van der Waals surface area (Å²) in [5.41, 5.74) is 8.98. The van der Waals surface area contributed by atoms with E-state index in [-0.39, 0.29) is 11.9 Å². The summed E-state index contributed by atoms with van der Waals surface area (Å²) in [4.78, 5) is 17.5. The summed E-state index contributed by atoms with van der Waals surface area (Å²) in [5, 5.41) is 3.12. The SMILES string of the molecule is CC1CCCN(c2ccc(CNC(=O)C3NNC4CCN(C)CC43)cc2)C1. The van der Waals surface area contributed by atoms with Crippen LogP contribution in [0.3, 0.4) is 0 Å². The number of benzene rings is 1. The molecule has 3 saturated heterocycles. The van der Waals surface area contributed by atoms with Crippen LogP contribution in [0, 0.1) is 11.8 Å². The van der Waals surface area contributed by atoms with E-state index >= 15 is 0 Å². The Balaban J connectivity index is 1.30. The van der Waals surface area contributed by atoms with Crippen molar-refractivity contribution in [1.29, 1.82) is 0 Å². The minimum Gasteiger partial charge on any atom is -0.371 e. The van der Waals surface area contributed by atoms with Crippen LogP contribution in [0.15, 0.2) is 24.3 Å². The highest BCUT2D eigenvalue weighted by molar-refractivity contribution is 5.82. The van der Waals surface area contributed by atoms with Gasteiger partial charge >= 0.3 is 0 Å². The number of hydrogen-bond donors (Lipinski definition) is 3. The van der Waals surface area contributed by atoms with Gasteiger partial charge in [-0.05, 0) is 56.5 Å². The van der Waals surface area contributed by atoms with E-state index in [2.05, 4.69) is 64.2 Å². The number of anilines is 1. The Bertz CT molecular complexity index is 648. The maximum atomic E-state index is 12.7. The number of carbonyl (C=O) groups is 1. The third-order valence-corrected chi connectivity index (χ3v) is 6.42. The Morgan fingerprint density at radius 2 is 1.96 bits per heavy atom. The molecule has 1 aromatic carbocycles. The van der Waals surface area contributed by atoms with E-state index in [4.69, 9.17) is 0 Å². The number of rotatable bonds is 4. The van der Waals surface area contributed by atoms with Crippen LogP contribution in [-0.4, -0.2) is 56.1 Å². The monoisotopic (exact) mass is 371 g/mol. The van der Waals surface area contributed by atoms with E-state index in [1.54, 1.807) is 0 Å². The predicted molar refractivity (Wildman–Crippen MR) is 108 cm³/mol. The van der Waals surface area contributed by atoms with Crippen molar-refractivity contribution in [3.63, 3.8) is 0 Å². The summed E-state index contributed by atoms with van der Waals surface area (Å²) >= 11 is 0. The number of likely N-dealkylation sites (tertiary alicyclic amines) is 1. The van der Waals surface area contributed by atoms with E-state index in [1.807, 2.05) is 0 Å². The summed E-state index contributed by atoms with van der Waals surface area (Å²) in [5.74, 6) is 1.21. The molecule has 3 N–H and O–H groups in total. The zero-order valence-electron chi connectivity index (χ0n) is 16.6. The van der Waals surface area contributed by atoms with Gasteiger partial charge < -0.3 is 15.1 Å². The van der Waals surface area contributed by atoms with Gasteiger partial charge in [0.05, 0.1) is 0 Å². The van der Waals surface area contributed by atoms with Gasteiger partial charge in [-0.3, -0.25) is 10.2 Å². The quantitative estimate of drug-likeness (QED) is 0.746. The van der Waals surface area contributed by atoms with Crippen LogP contribution in [0.4, 0.5) is 5.69 Å². The maximum Gasteiger partial charge on any atom is 0.239 e. The van der Waals surface area contributed by atoms with Gasteiger partial charge in [-0.2, -0.15) is 0 Å². The van der Waals surface area contributed by atoms with E-state index in [0.29, 0.717) is 18.5 Å². The van der Waals surface area contributed by atoms with Crippen molar-refractivity contribution in [1.82, 2.24) is 21.1 Å². The van der Waals surface area contributed by atoms with Crippen LogP contribution >= 0.6 is 0 Å². The van der Waals surface area contributed by atoms with E-state index in [9.17, 15) is 4.79 Å². The number of nitrogens with one attached hydrogen (secondary N) is 3. The lowest BCUT2D eigenvalue weighted by Gasteiger charge is -2.33. The molecule has 0 radical (unpaired) electrons. The summed E-state index contributed by atoms with van der Waals surface area (Å²) in [6.07, 6.45) is 3.70. The molecule has 4 unspecified atom stereocenters. The molecule has 4 rings (SSSR count). The van der Waals surface area contributed by atoms with Crippen molar-refractivity contribution in [2.75, 3.05) is 38.1 Å². The number of nitrogens with zero attached hydrogens (tertiary/aromatic N) is 2. The van der Waals surface area contributed by atoms with Crippen molar-refractivity contribution in [2.45, 2.75) is 44.8 Å². The molecule has 0 aliphatic carbocycles. The van der Waals surface area contributed by atoms with Gasteiger partial charge in [-0.15, -0.1) is 0 Å². The smallest absolute Gasteiger partial charge is 0.239 e. The first kappa shape index (κ1) is 18.7. The number of hydrogen-bond acceptors (Lipinski definition) is 5. The van der Waals surface area contributed by atoms with Gasteiger partial charge in [-0.1, -0.05) is 19.1 Å². The Morgan fingerprint density at radius 3 is 2.74 bits per heavy atom. The molecular formula is C21H33N5O. The number of fused-ring (bicyclic) bond motifs is 1. The first-order chi connectivity index (χ1) is 13.1. The normalized spacial score (nSPS) is 31.6. The average Bonchev–Trinajstić information content (AvgIpc) is 3.09. The molecule has 4 atom stereocenters. The molecule has 0 aromatic heterocycles.